The van der Waals surface area contributed by atoms with Crippen molar-refractivity contribution in [1.29, 1.82) is 0 Å². The Morgan fingerprint density at radius 1 is 0.128 bits per heavy atom. The van der Waals surface area contributed by atoms with E-state index < -0.39 is 0 Å². The van der Waals surface area contributed by atoms with Gasteiger partial charge in [0.15, 0.2) is 0 Å². The molecule has 0 aromatic heterocycles. The van der Waals surface area contributed by atoms with E-state index in [-0.39, 0.29) is 0 Å². The highest BCUT2D eigenvalue weighted by molar-refractivity contribution is 5.92. The van der Waals surface area contributed by atoms with Crippen LogP contribution in [0.3, 0.4) is 0 Å². The summed E-state index contributed by atoms with van der Waals surface area (Å²) in [7, 11) is 0. The monoisotopic (exact) mass is 1200 g/mol. The van der Waals surface area contributed by atoms with E-state index in [9.17, 15) is 0 Å². The molecule has 0 radical (unpaired) electrons. The fraction of sp³-hybridized carbons (Fsp3) is 0. The van der Waals surface area contributed by atoms with Crippen LogP contribution in [0.4, 0.5) is 34.1 Å². The minimum absolute atomic E-state index is 1.05. The molecule has 94 heavy (non-hydrogen) atoms. The molecule has 0 heterocycles. The Labute approximate surface area is 552 Å². The summed E-state index contributed by atoms with van der Waals surface area (Å²) < 4.78 is 0. The van der Waals surface area contributed by atoms with E-state index in [1.807, 2.05) is 0 Å². The Balaban J connectivity index is 0.791. The van der Waals surface area contributed by atoms with Crippen molar-refractivity contribution in [3.63, 3.8) is 0 Å². The lowest BCUT2D eigenvalue weighted by Crippen LogP contribution is -2.11. The van der Waals surface area contributed by atoms with Crippen LogP contribution in [-0.4, -0.2) is 0 Å². The van der Waals surface area contributed by atoms with Crippen molar-refractivity contribution >= 4 is 46.3 Å². The van der Waals surface area contributed by atoms with Gasteiger partial charge in [0, 0.05) is 34.1 Å². The first-order valence-electron chi connectivity index (χ1n) is 32.2. The number of hydrogen-bond acceptors (Lipinski definition) is 2. The number of hydrogen-bond donors (Lipinski definition) is 0. The van der Waals surface area contributed by atoms with E-state index in [2.05, 4.69) is 410 Å². The predicted molar refractivity (Wildman–Crippen MR) is 400 cm³/mol. The van der Waals surface area contributed by atoms with E-state index in [1.54, 1.807) is 0 Å². The van der Waals surface area contributed by atoms with Gasteiger partial charge in [-0.3, -0.25) is 0 Å². The minimum atomic E-state index is 1.05. The van der Waals surface area contributed by atoms with Gasteiger partial charge in [0.2, 0.25) is 0 Å². The third-order valence-corrected chi connectivity index (χ3v) is 17.5. The van der Waals surface area contributed by atoms with Crippen molar-refractivity contribution in [2.75, 3.05) is 9.80 Å². The second-order valence-electron chi connectivity index (χ2n) is 23.8. The molecule has 0 atom stereocenters. The quantitative estimate of drug-likeness (QED) is 0.0839. The normalized spacial score (nSPS) is 11.1. The fourth-order valence-corrected chi connectivity index (χ4v) is 12.8. The molecule has 0 saturated carbocycles. The molecule has 0 spiro atoms. The Hall–Kier alpha value is -12.4. The lowest BCUT2D eigenvalue weighted by atomic mass is 9.95. The molecule has 0 aliphatic carbocycles. The van der Waals surface area contributed by atoms with Crippen LogP contribution in [0.1, 0.15) is 11.1 Å². The standard InChI is InChI=1S/C92H66N2/c1-9-27-69(28-10-1)79-55-80(70-29-11-2-12-30-70)60-89(59-79)93(90-61-81(71-31-13-3-14-32-71)56-82(62-90)72-33-15-4-16-34-72)87-50-46-67(47-51-87)44-45-68-26-25-43-78(54-68)77-48-52-88(53-49-77)94(91-63-83(73-35-17-5-18-36-73)57-84(64-91)74-37-19-6-20-38-74)92-65-85(75-39-21-7-22-40-75)58-86(66-92)76-41-23-8-24-42-76/h1-66H/b45-44+. The van der Waals surface area contributed by atoms with Crippen molar-refractivity contribution in [2.45, 2.75) is 0 Å². The summed E-state index contributed by atoms with van der Waals surface area (Å²) in [5.41, 5.74) is 29.3. The third-order valence-electron chi connectivity index (χ3n) is 17.5. The van der Waals surface area contributed by atoms with Gasteiger partial charge in [-0.1, -0.05) is 297 Å². The first kappa shape index (κ1) is 58.0. The highest BCUT2D eigenvalue weighted by Gasteiger charge is 2.21. The van der Waals surface area contributed by atoms with Crippen LogP contribution in [0.5, 0.6) is 0 Å². The predicted octanol–water partition coefficient (Wildman–Crippen LogP) is 25.8. The summed E-state index contributed by atoms with van der Waals surface area (Å²) in [6.45, 7) is 0. The second-order valence-corrected chi connectivity index (χ2v) is 23.8. The molecule has 0 bridgehead atoms. The van der Waals surface area contributed by atoms with Crippen LogP contribution in [0, 0.1) is 0 Å². The molecule has 0 saturated heterocycles. The molecule has 0 aliphatic heterocycles. The molecule has 15 aromatic carbocycles. The van der Waals surface area contributed by atoms with E-state index in [4.69, 9.17) is 0 Å². The largest absolute Gasteiger partial charge is 0.310 e. The molecule has 2 heteroatoms. The van der Waals surface area contributed by atoms with Gasteiger partial charge in [0.1, 0.15) is 0 Å². The summed E-state index contributed by atoms with van der Waals surface area (Å²) in [4.78, 5) is 4.85. The smallest absolute Gasteiger partial charge is 0.0473 e. The van der Waals surface area contributed by atoms with Crippen LogP contribution in [-0.2, 0) is 0 Å². The molecule has 15 aromatic rings. The zero-order chi connectivity index (χ0) is 62.8. The van der Waals surface area contributed by atoms with E-state index >= 15 is 0 Å². The topological polar surface area (TPSA) is 6.48 Å². The van der Waals surface area contributed by atoms with Crippen LogP contribution < -0.4 is 9.80 Å². The second kappa shape index (κ2) is 27.0. The lowest BCUT2D eigenvalue weighted by Gasteiger charge is -2.28. The molecule has 0 aliphatic rings. The number of nitrogens with zero attached hydrogens (tertiary/aromatic N) is 2. The lowest BCUT2D eigenvalue weighted by molar-refractivity contribution is 1.28. The molecule has 444 valence electrons. The molecule has 0 N–H and O–H groups in total. The molecule has 0 unspecified atom stereocenters. The van der Waals surface area contributed by atoms with Gasteiger partial charge in [-0.15, -0.1) is 0 Å². The highest BCUT2D eigenvalue weighted by Crippen LogP contribution is 2.46. The third kappa shape index (κ3) is 13.0. The molecular formula is C92H66N2. The Morgan fingerprint density at radius 2 is 0.340 bits per heavy atom. The summed E-state index contributed by atoms with van der Waals surface area (Å²) in [6, 6.07) is 141. The minimum Gasteiger partial charge on any atom is -0.310 e. The highest BCUT2D eigenvalue weighted by atomic mass is 15.1. The van der Waals surface area contributed by atoms with Crippen LogP contribution in [0.2, 0.25) is 0 Å². The van der Waals surface area contributed by atoms with Crippen molar-refractivity contribution in [1.82, 2.24) is 0 Å². The maximum atomic E-state index is 2.43. The SMILES string of the molecule is C(=C\c1cccc(-c2ccc(N(c3cc(-c4ccccc4)cc(-c4ccccc4)c3)c3cc(-c4ccccc4)cc(-c4ccccc4)c3)cc2)c1)/c1ccc(N(c2cc(-c3ccccc3)cc(-c3ccccc3)c2)c2cc(-c3ccccc3)cc(-c3ccccc3)c2)cc1. The Morgan fingerprint density at radius 3 is 0.596 bits per heavy atom. The molecule has 0 amide bonds. The maximum Gasteiger partial charge on any atom is 0.0473 e. The molecule has 0 fully saturated rings. The first-order valence-corrected chi connectivity index (χ1v) is 32.2. The van der Waals surface area contributed by atoms with E-state index in [0.717, 1.165) is 145 Å². The van der Waals surface area contributed by atoms with Crippen LogP contribution in [0.15, 0.2) is 388 Å². The fourth-order valence-electron chi connectivity index (χ4n) is 12.8. The average molecular weight is 1200 g/mol. The van der Waals surface area contributed by atoms with Gasteiger partial charge >= 0.3 is 0 Å². The van der Waals surface area contributed by atoms with Crippen LogP contribution >= 0.6 is 0 Å². The van der Waals surface area contributed by atoms with Gasteiger partial charge in [-0.25, -0.2) is 0 Å². The number of benzene rings is 15. The van der Waals surface area contributed by atoms with E-state index in [1.165, 1.54) is 0 Å². The summed E-state index contributed by atoms with van der Waals surface area (Å²) in [5, 5.41) is 0. The molecule has 2 nitrogen and oxygen atoms in total. The Bertz CT molecular complexity index is 4570. The Kier molecular flexibility index (Phi) is 16.7. The maximum absolute atomic E-state index is 2.43. The summed E-state index contributed by atoms with van der Waals surface area (Å²) in [5.74, 6) is 0. The zero-order valence-corrected chi connectivity index (χ0v) is 52.0. The molecular weight excluding hydrogens is 1130 g/mol. The van der Waals surface area contributed by atoms with Crippen LogP contribution in [0.25, 0.3) is 112 Å². The van der Waals surface area contributed by atoms with Crippen molar-refractivity contribution in [3.8, 4) is 100 Å². The number of rotatable bonds is 17. The van der Waals surface area contributed by atoms with Crippen molar-refractivity contribution in [2.24, 2.45) is 0 Å². The molecule has 15 rings (SSSR count). The van der Waals surface area contributed by atoms with Gasteiger partial charge < -0.3 is 9.80 Å². The zero-order valence-electron chi connectivity index (χ0n) is 52.0. The number of anilines is 6. The van der Waals surface area contributed by atoms with E-state index in [0.29, 0.717) is 0 Å². The van der Waals surface area contributed by atoms with Crippen molar-refractivity contribution < 1.29 is 0 Å². The van der Waals surface area contributed by atoms with Crippen molar-refractivity contribution in [3.05, 3.63) is 399 Å². The first-order chi connectivity index (χ1) is 46.5. The van der Waals surface area contributed by atoms with Gasteiger partial charge in [0.25, 0.3) is 0 Å². The summed E-state index contributed by atoms with van der Waals surface area (Å²) >= 11 is 0. The van der Waals surface area contributed by atoms with Gasteiger partial charge in [-0.2, -0.15) is 0 Å². The average Bonchev–Trinajstić information content (AvgIpc) is 0.821. The van der Waals surface area contributed by atoms with Gasteiger partial charge in [0.05, 0.1) is 0 Å². The summed E-state index contributed by atoms with van der Waals surface area (Å²) in [6.07, 6.45) is 4.45. The van der Waals surface area contributed by atoms with Gasteiger partial charge in [-0.05, 0) is 214 Å².